The van der Waals surface area contributed by atoms with E-state index < -0.39 is 0 Å². The van der Waals surface area contributed by atoms with Crippen molar-refractivity contribution >= 4 is 11.7 Å². The van der Waals surface area contributed by atoms with Crippen LogP contribution in [0.25, 0.3) is 0 Å². The van der Waals surface area contributed by atoms with Gasteiger partial charge in [-0.3, -0.25) is 0 Å². The van der Waals surface area contributed by atoms with E-state index in [0.717, 1.165) is 5.56 Å². The van der Waals surface area contributed by atoms with Gasteiger partial charge >= 0.3 is 6.03 Å². The molecule has 7 nitrogen and oxygen atoms in total. The second-order valence-corrected chi connectivity index (χ2v) is 5.60. The van der Waals surface area contributed by atoms with Crippen LogP contribution >= 0.6 is 0 Å². The second-order valence-electron chi connectivity index (χ2n) is 5.60. The van der Waals surface area contributed by atoms with Crippen molar-refractivity contribution in [3.05, 3.63) is 42.1 Å². The number of nitrogens with zero attached hydrogens (tertiary/aromatic N) is 1. The van der Waals surface area contributed by atoms with Gasteiger partial charge in [-0.2, -0.15) is 0 Å². The number of aromatic nitrogens is 1. The lowest BCUT2D eigenvalue weighted by molar-refractivity contribution is 0.173. The summed E-state index contributed by atoms with van der Waals surface area (Å²) in [5.41, 5.74) is 1.63. The van der Waals surface area contributed by atoms with E-state index in [1.807, 2.05) is 32.0 Å². The van der Waals surface area contributed by atoms with Crippen LogP contribution in [0.4, 0.5) is 10.5 Å². The zero-order valence-electron chi connectivity index (χ0n) is 14.8. The molecule has 1 aromatic heterocycles. The van der Waals surface area contributed by atoms with Gasteiger partial charge in [-0.1, -0.05) is 6.07 Å². The monoisotopic (exact) mass is 345 g/mol. The quantitative estimate of drug-likeness (QED) is 0.804. The SMILES string of the molecule is COCC(C)NC(=O)Nc1ccc(Oc2ccc(C)cc2OC)nc1. The third kappa shape index (κ3) is 5.65. The maximum Gasteiger partial charge on any atom is 0.319 e. The highest BCUT2D eigenvalue weighted by Gasteiger charge is 2.09. The highest BCUT2D eigenvalue weighted by Crippen LogP contribution is 2.31. The number of amides is 2. The van der Waals surface area contributed by atoms with Crippen LogP contribution in [0.3, 0.4) is 0 Å². The molecule has 2 rings (SSSR count). The molecule has 0 fully saturated rings. The summed E-state index contributed by atoms with van der Waals surface area (Å²) in [7, 11) is 3.17. The number of pyridine rings is 1. The summed E-state index contributed by atoms with van der Waals surface area (Å²) >= 11 is 0. The van der Waals surface area contributed by atoms with Crippen molar-refractivity contribution < 1.29 is 19.0 Å². The van der Waals surface area contributed by atoms with Crippen LogP contribution in [-0.2, 0) is 4.74 Å². The lowest BCUT2D eigenvalue weighted by Gasteiger charge is -2.14. The van der Waals surface area contributed by atoms with Crippen LogP contribution < -0.4 is 20.1 Å². The number of anilines is 1. The van der Waals surface area contributed by atoms with Gasteiger partial charge in [-0.15, -0.1) is 0 Å². The fraction of sp³-hybridized carbons (Fsp3) is 0.333. The Morgan fingerprint density at radius 1 is 1.20 bits per heavy atom. The Kier molecular flexibility index (Phi) is 6.59. The van der Waals surface area contributed by atoms with Crippen molar-refractivity contribution in [3.8, 4) is 17.4 Å². The van der Waals surface area contributed by atoms with Crippen molar-refractivity contribution in [2.24, 2.45) is 0 Å². The summed E-state index contributed by atoms with van der Waals surface area (Å²) in [6.45, 7) is 4.27. The molecule has 0 aliphatic rings. The van der Waals surface area contributed by atoms with E-state index >= 15 is 0 Å². The molecular weight excluding hydrogens is 322 g/mol. The largest absolute Gasteiger partial charge is 0.493 e. The molecular formula is C18H23N3O4. The number of carbonyl (C=O) groups is 1. The molecule has 0 spiro atoms. The molecule has 0 aliphatic heterocycles. The van der Waals surface area contributed by atoms with Crippen LogP contribution in [0.2, 0.25) is 0 Å². The number of aryl methyl sites for hydroxylation is 1. The van der Waals surface area contributed by atoms with Gasteiger partial charge in [0.15, 0.2) is 11.5 Å². The van der Waals surface area contributed by atoms with Crippen LogP contribution in [0.15, 0.2) is 36.5 Å². The third-order valence-corrected chi connectivity index (χ3v) is 3.32. The number of benzene rings is 1. The molecule has 7 heteroatoms. The fourth-order valence-corrected chi connectivity index (χ4v) is 2.17. The van der Waals surface area contributed by atoms with Crippen molar-refractivity contribution in [1.29, 1.82) is 0 Å². The lowest BCUT2D eigenvalue weighted by atomic mass is 10.2. The number of rotatable bonds is 7. The number of carbonyl (C=O) groups excluding carboxylic acids is 1. The summed E-state index contributed by atoms with van der Waals surface area (Å²) in [4.78, 5) is 16.0. The molecule has 2 aromatic rings. The molecule has 0 bridgehead atoms. The van der Waals surface area contributed by atoms with Gasteiger partial charge in [0.2, 0.25) is 5.88 Å². The van der Waals surface area contributed by atoms with E-state index in [9.17, 15) is 4.79 Å². The molecule has 1 atom stereocenters. The molecule has 0 saturated heterocycles. The third-order valence-electron chi connectivity index (χ3n) is 3.32. The number of nitrogens with one attached hydrogen (secondary N) is 2. The maximum absolute atomic E-state index is 11.8. The van der Waals surface area contributed by atoms with Gasteiger partial charge in [-0.25, -0.2) is 9.78 Å². The summed E-state index contributed by atoms with van der Waals surface area (Å²) in [6.07, 6.45) is 1.52. The Balaban J connectivity index is 1.97. The van der Waals surface area contributed by atoms with E-state index in [1.54, 1.807) is 26.4 Å². The molecule has 1 aromatic carbocycles. The molecule has 0 saturated carbocycles. The van der Waals surface area contributed by atoms with E-state index in [0.29, 0.717) is 29.7 Å². The van der Waals surface area contributed by atoms with Gasteiger partial charge in [-0.05, 0) is 37.6 Å². The van der Waals surface area contributed by atoms with Crippen LogP contribution in [-0.4, -0.2) is 37.9 Å². The number of methoxy groups -OCH3 is 2. The first-order valence-corrected chi connectivity index (χ1v) is 7.87. The minimum Gasteiger partial charge on any atom is -0.493 e. The van der Waals surface area contributed by atoms with Gasteiger partial charge in [0.25, 0.3) is 0 Å². The molecule has 25 heavy (non-hydrogen) atoms. The van der Waals surface area contributed by atoms with Gasteiger partial charge in [0.1, 0.15) is 0 Å². The van der Waals surface area contributed by atoms with E-state index in [-0.39, 0.29) is 12.1 Å². The molecule has 1 heterocycles. The van der Waals surface area contributed by atoms with Crippen LogP contribution in [0, 0.1) is 6.92 Å². The average Bonchev–Trinajstić information content (AvgIpc) is 2.58. The summed E-state index contributed by atoms with van der Waals surface area (Å²) in [5.74, 6) is 1.61. The standard InChI is InChI=1S/C18H23N3O4/c1-12-5-7-15(16(9-12)24-4)25-17-8-6-14(10-19-17)21-18(22)20-13(2)11-23-3/h5-10,13H,11H2,1-4H3,(H2,20,21,22). The second kappa shape index (κ2) is 8.89. The average molecular weight is 345 g/mol. The van der Waals surface area contributed by atoms with E-state index in [4.69, 9.17) is 14.2 Å². The first-order chi connectivity index (χ1) is 12.0. The molecule has 1 unspecified atom stereocenters. The normalized spacial score (nSPS) is 11.5. The van der Waals surface area contributed by atoms with Crippen molar-refractivity contribution in [1.82, 2.24) is 10.3 Å². The van der Waals surface area contributed by atoms with Crippen molar-refractivity contribution in [2.75, 3.05) is 26.1 Å². The predicted octanol–water partition coefficient (Wildman–Crippen LogP) is 3.35. The van der Waals surface area contributed by atoms with Crippen LogP contribution in [0.1, 0.15) is 12.5 Å². The molecule has 0 aliphatic carbocycles. The topological polar surface area (TPSA) is 81.7 Å². The Labute approximate surface area is 147 Å². The summed E-state index contributed by atoms with van der Waals surface area (Å²) < 4.78 is 16.0. The van der Waals surface area contributed by atoms with Crippen molar-refractivity contribution in [2.45, 2.75) is 19.9 Å². The van der Waals surface area contributed by atoms with Gasteiger partial charge < -0.3 is 24.8 Å². The fourth-order valence-electron chi connectivity index (χ4n) is 2.17. The summed E-state index contributed by atoms with van der Waals surface area (Å²) in [5, 5.41) is 5.46. The van der Waals surface area contributed by atoms with Gasteiger partial charge in [0, 0.05) is 13.2 Å². The Bertz CT molecular complexity index is 704. The van der Waals surface area contributed by atoms with Crippen LogP contribution in [0.5, 0.6) is 17.4 Å². The zero-order chi connectivity index (χ0) is 18.2. The number of hydrogen-bond donors (Lipinski definition) is 2. The Hall–Kier alpha value is -2.80. The Morgan fingerprint density at radius 2 is 2.00 bits per heavy atom. The molecule has 2 amide bonds. The smallest absolute Gasteiger partial charge is 0.319 e. The number of ether oxygens (including phenoxy) is 3. The maximum atomic E-state index is 11.8. The lowest BCUT2D eigenvalue weighted by Crippen LogP contribution is -2.38. The Morgan fingerprint density at radius 3 is 2.64 bits per heavy atom. The van der Waals surface area contributed by atoms with E-state index in [1.165, 1.54) is 6.20 Å². The molecule has 134 valence electrons. The first kappa shape index (κ1) is 18.5. The van der Waals surface area contributed by atoms with E-state index in [2.05, 4.69) is 15.6 Å². The van der Waals surface area contributed by atoms with Gasteiger partial charge in [0.05, 0.1) is 31.6 Å². The number of urea groups is 1. The first-order valence-electron chi connectivity index (χ1n) is 7.87. The minimum atomic E-state index is -0.319. The van der Waals surface area contributed by atoms with Crippen molar-refractivity contribution in [3.63, 3.8) is 0 Å². The zero-order valence-corrected chi connectivity index (χ0v) is 14.8. The minimum absolute atomic E-state index is 0.0884. The summed E-state index contributed by atoms with van der Waals surface area (Å²) in [6, 6.07) is 8.62. The number of hydrogen-bond acceptors (Lipinski definition) is 5. The predicted molar refractivity (Wildman–Crippen MR) is 95.5 cm³/mol. The molecule has 2 N–H and O–H groups in total. The highest BCUT2D eigenvalue weighted by molar-refractivity contribution is 5.89. The highest BCUT2D eigenvalue weighted by atomic mass is 16.5. The molecule has 0 radical (unpaired) electrons.